The van der Waals surface area contributed by atoms with Gasteiger partial charge in [0.15, 0.2) is 0 Å². The summed E-state index contributed by atoms with van der Waals surface area (Å²) in [6, 6.07) is 11.5. The first kappa shape index (κ1) is 17.8. The van der Waals surface area contributed by atoms with Gasteiger partial charge in [-0.05, 0) is 36.2 Å². The minimum atomic E-state index is 0.118. The average molecular weight is 328 g/mol. The van der Waals surface area contributed by atoms with Crippen molar-refractivity contribution in [2.75, 3.05) is 27.8 Å². The van der Waals surface area contributed by atoms with Crippen molar-refractivity contribution >= 4 is 5.91 Å². The Hall–Kier alpha value is -2.56. The maximum Gasteiger partial charge on any atom is 0.222 e. The fourth-order valence-electron chi connectivity index (χ4n) is 2.41. The number of hydrogen-bond acceptors (Lipinski definition) is 4. The normalized spacial score (nSPS) is 10.3. The van der Waals surface area contributed by atoms with Crippen LogP contribution in [0.3, 0.4) is 0 Å². The number of hydrogen-bond donors (Lipinski definition) is 0. The Morgan fingerprint density at radius 3 is 2.38 bits per heavy atom. The smallest absolute Gasteiger partial charge is 0.222 e. The van der Waals surface area contributed by atoms with Crippen LogP contribution in [0.15, 0.2) is 42.6 Å². The molecular formula is C19H24N2O3. The lowest BCUT2D eigenvalue weighted by molar-refractivity contribution is -0.129. The summed E-state index contributed by atoms with van der Waals surface area (Å²) in [5.74, 6) is 1.59. The maximum absolute atomic E-state index is 12.3. The minimum Gasteiger partial charge on any atom is -0.497 e. The SMILES string of the molecule is COc1cc(CCC(=O)N(C)CCc2ccccn2)cc(OC)c1. The second-order valence-corrected chi connectivity index (χ2v) is 5.61. The summed E-state index contributed by atoms with van der Waals surface area (Å²) in [5.41, 5.74) is 2.02. The Labute approximate surface area is 143 Å². The van der Waals surface area contributed by atoms with Gasteiger partial charge in [0.1, 0.15) is 11.5 Å². The van der Waals surface area contributed by atoms with Crippen LogP contribution in [0.5, 0.6) is 11.5 Å². The van der Waals surface area contributed by atoms with E-state index in [1.807, 2.05) is 43.4 Å². The van der Waals surface area contributed by atoms with Gasteiger partial charge in [0, 0.05) is 44.4 Å². The zero-order chi connectivity index (χ0) is 17.4. The minimum absolute atomic E-state index is 0.118. The van der Waals surface area contributed by atoms with E-state index in [1.54, 1.807) is 25.3 Å². The third-order valence-electron chi connectivity index (χ3n) is 3.89. The fourth-order valence-corrected chi connectivity index (χ4v) is 2.41. The summed E-state index contributed by atoms with van der Waals surface area (Å²) in [6.07, 6.45) is 3.64. The van der Waals surface area contributed by atoms with Crippen molar-refractivity contribution in [1.29, 1.82) is 0 Å². The van der Waals surface area contributed by atoms with Crippen molar-refractivity contribution in [2.45, 2.75) is 19.3 Å². The molecule has 0 N–H and O–H groups in total. The fraction of sp³-hybridized carbons (Fsp3) is 0.368. The molecule has 2 aromatic rings. The summed E-state index contributed by atoms with van der Waals surface area (Å²) in [6.45, 7) is 0.664. The van der Waals surface area contributed by atoms with Gasteiger partial charge in [0.25, 0.3) is 0 Å². The number of rotatable bonds is 8. The summed E-state index contributed by atoms with van der Waals surface area (Å²) < 4.78 is 10.5. The molecule has 0 saturated carbocycles. The van der Waals surface area contributed by atoms with Gasteiger partial charge in [-0.2, -0.15) is 0 Å². The number of aryl methyl sites for hydroxylation is 1. The molecule has 5 nitrogen and oxygen atoms in total. The van der Waals surface area contributed by atoms with Gasteiger partial charge in [-0.25, -0.2) is 0 Å². The highest BCUT2D eigenvalue weighted by Gasteiger charge is 2.10. The first-order chi connectivity index (χ1) is 11.6. The van der Waals surface area contributed by atoms with E-state index in [4.69, 9.17) is 9.47 Å². The van der Waals surface area contributed by atoms with Crippen LogP contribution in [0.1, 0.15) is 17.7 Å². The number of carbonyl (C=O) groups excluding carboxylic acids is 1. The van der Waals surface area contributed by atoms with E-state index >= 15 is 0 Å². The second kappa shape index (κ2) is 8.91. The van der Waals surface area contributed by atoms with E-state index in [1.165, 1.54) is 0 Å². The Balaban J connectivity index is 1.85. The molecule has 0 saturated heterocycles. The highest BCUT2D eigenvalue weighted by atomic mass is 16.5. The van der Waals surface area contributed by atoms with Gasteiger partial charge in [-0.3, -0.25) is 9.78 Å². The highest BCUT2D eigenvalue weighted by Crippen LogP contribution is 2.23. The van der Waals surface area contributed by atoms with Gasteiger partial charge in [-0.1, -0.05) is 6.07 Å². The lowest BCUT2D eigenvalue weighted by Gasteiger charge is -2.17. The number of likely N-dealkylation sites (N-methyl/N-ethyl adjacent to an activating group) is 1. The average Bonchev–Trinajstić information content (AvgIpc) is 2.64. The zero-order valence-electron chi connectivity index (χ0n) is 14.5. The number of carbonyl (C=O) groups is 1. The third kappa shape index (κ3) is 5.26. The number of aromatic nitrogens is 1. The predicted molar refractivity (Wildman–Crippen MR) is 93.4 cm³/mol. The van der Waals surface area contributed by atoms with E-state index in [0.29, 0.717) is 19.4 Å². The van der Waals surface area contributed by atoms with Crippen LogP contribution in [0, 0.1) is 0 Å². The molecule has 0 atom stereocenters. The summed E-state index contributed by atoms with van der Waals surface area (Å²) in [4.78, 5) is 18.3. The van der Waals surface area contributed by atoms with E-state index in [9.17, 15) is 4.79 Å². The lowest BCUT2D eigenvalue weighted by Crippen LogP contribution is -2.29. The summed E-state index contributed by atoms with van der Waals surface area (Å²) in [5, 5.41) is 0. The van der Waals surface area contributed by atoms with Crippen LogP contribution in [0.2, 0.25) is 0 Å². The van der Waals surface area contributed by atoms with Crippen LogP contribution in [-0.4, -0.2) is 43.6 Å². The number of methoxy groups -OCH3 is 2. The van der Waals surface area contributed by atoms with Crippen molar-refractivity contribution in [3.63, 3.8) is 0 Å². The molecule has 24 heavy (non-hydrogen) atoms. The molecule has 0 aliphatic heterocycles. The topological polar surface area (TPSA) is 51.7 Å². The molecule has 1 aromatic heterocycles. The molecule has 2 rings (SSSR count). The second-order valence-electron chi connectivity index (χ2n) is 5.61. The van der Waals surface area contributed by atoms with Gasteiger partial charge in [0.05, 0.1) is 14.2 Å². The number of amides is 1. The highest BCUT2D eigenvalue weighted by molar-refractivity contribution is 5.76. The summed E-state index contributed by atoms with van der Waals surface area (Å²) in [7, 11) is 5.07. The Bertz CT molecular complexity index is 637. The summed E-state index contributed by atoms with van der Waals surface area (Å²) >= 11 is 0. The Morgan fingerprint density at radius 1 is 1.08 bits per heavy atom. The van der Waals surface area contributed by atoms with Gasteiger partial charge in [0.2, 0.25) is 5.91 Å². The Morgan fingerprint density at radius 2 is 1.79 bits per heavy atom. The van der Waals surface area contributed by atoms with Crippen molar-refractivity contribution in [3.05, 3.63) is 53.9 Å². The lowest BCUT2D eigenvalue weighted by atomic mass is 10.1. The van der Waals surface area contributed by atoms with Crippen molar-refractivity contribution in [3.8, 4) is 11.5 Å². The number of ether oxygens (including phenoxy) is 2. The molecule has 1 amide bonds. The molecule has 1 aromatic carbocycles. The van der Waals surface area contributed by atoms with Crippen LogP contribution in [-0.2, 0) is 17.6 Å². The Kier molecular flexibility index (Phi) is 6.61. The molecule has 0 aliphatic rings. The number of pyridine rings is 1. The monoisotopic (exact) mass is 328 g/mol. The van der Waals surface area contributed by atoms with Crippen LogP contribution in [0.4, 0.5) is 0 Å². The van der Waals surface area contributed by atoms with Crippen molar-refractivity contribution < 1.29 is 14.3 Å². The molecule has 0 fully saturated rings. The predicted octanol–water partition coefficient (Wildman–Crippen LogP) is 2.73. The van der Waals surface area contributed by atoms with Crippen LogP contribution in [0.25, 0.3) is 0 Å². The standard InChI is InChI=1S/C19H24N2O3/c1-21(11-9-16-6-4-5-10-20-16)19(22)8-7-15-12-17(23-2)14-18(13-15)24-3/h4-6,10,12-14H,7-9,11H2,1-3H3. The first-order valence-electron chi connectivity index (χ1n) is 7.98. The van der Waals surface area contributed by atoms with Crippen molar-refractivity contribution in [1.82, 2.24) is 9.88 Å². The molecule has 0 bridgehead atoms. The maximum atomic E-state index is 12.3. The van der Waals surface area contributed by atoms with E-state index in [0.717, 1.165) is 29.2 Å². The van der Waals surface area contributed by atoms with Crippen molar-refractivity contribution in [2.24, 2.45) is 0 Å². The van der Waals surface area contributed by atoms with Crippen LogP contribution < -0.4 is 9.47 Å². The zero-order valence-corrected chi connectivity index (χ0v) is 14.5. The van der Waals surface area contributed by atoms with E-state index in [2.05, 4.69) is 4.98 Å². The van der Waals surface area contributed by atoms with E-state index < -0.39 is 0 Å². The molecule has 0 aliphatic carbocycles. The molecule has 5 heteroatoms. The first-order valence-corrected chi connectivity index (χ1v) is 7.98. The van der Waals surface area contributed by atoms with Gasteiger partial charge >= 0.3 is 0 Å². The van der Waals surface area contributed by atoms with Gasteiger partial charge in [-0.15, -0.1) is 0 Å². The molecule has 128 valence electrons. The molecular weight excluding hydrogens is 304 g/mol. The van der Waals surface area contributed by atoms with Crippen LogP contribution >= 0.6 is 0 Å². The quantitative estimate of drug-likeness (QED) is 0.748. The van der Waals surface area contributed by atoms with Gasteiger partial charge < -0.3 is 14.4 Å². The molecule has 0 unspecified atom stereocenters. The van der Waals surface area contributed by atoms with E-state index in [-0.39, 0.29) is 5.91 Å². The molecule has 0 radical (unpaired) electrons. The number of nitrogens with zero attached hydrogens (tertiary/aromatic N) is 2. The number of benzene rings is 1. The largest absolute Gasteiger partial charge is 0.497 e. The molecule has 0 spiro atoms. The third-order valence-corrected chi connectivity index (χ3v) is 3.89. The molecule has 1 heterocycles.